The number of rotatable bonds is 3. The molecule has 6 N–H and O–H groups in total. The van der Waals surface area contributed by atoms with Gasteiger partial charge in [-0.15, -0.1) is 0 Å². The van der Waals surface area contributed by atoms with Gasteiger partial charge < -0.3 is 26.5 Å². The summed E-state index contributed by atoms with van der Waals surface area (Å²) in [4.78, 5) is 15.6. The fourth-order valence-corrected chi connectivity index (χ4v) is 2.76. The number of nitrogens with zero attached hydrogens (tertiary/aromatic N) is 1. The van der Waals surface area contributed by atoms with Crippen LogP contribution in [0.5, 0.6) is 5.75 Å². The van der Waals surface area contributed by atoms with E-state index >= 15 is 0 Å². The van der Waals surface area contributed by atoms with E-state index in [0.717, 1.165) is 37.1 Å². The van der Waals surface area contributed by atoms with Crippen LogP contribution in [0, 0.1) is 6.92 Å². The molecule has 1 amide bonds. The molecule has 1 aromatic carbocycles. The molecule has 3 rings (SSSR count). The Morgan fingerprint density at radius 1 is 1.28 bits per heavy atom. The highest BCUT2D eigenvalue weighted by Crippen LogP contribution is 2.25. The number of phenols is 1. The van der Waals surface area contributed by atoms with Crippen molar-refractivity contribution >= 4 is 23.5 Å². The number of nitrogens with one attached hydrogen (secondary N) is 1. The number of nitrogen functional groups attached to an aromatic ring is 1. The molecule has 0 spiro atoms. The summed E-state index contributed by atoms with van der Waals surface area (Å²) in [6.07, 6.45) is 8.51. The summed E-state index contributed by atoms with van der Waals surface area (Å²) in [5, 5.41) is 9.69. The van der Waals surface area contributed by atoms with Gasteiger partial charge >= 0.3 is 0 Å². The molecule has 0 unspecified atom stereocenters. The molecule has 6 nitrogen and oxygen atoms in total. The van der Waals surface area contributed by atoms with E-state index in [4.69, 9.17) is 11.5 Å². The lowest BCUT2D eigenvalue weighted by Crippen LogP contribution is -2.25. The molecule has 158 valence electrons. The molecule has 2 aromatic rings. The number of aromatic hydroxyl groups is 1. The molecule has 1 aromatic heterocycles. The molecule has 2 heterocycles. The van der Waals surface area contributed by atoms with Crippen LogP contribution in [0.1, 0.15) is 49.8 Å². The van der Waals surface area contributed by atoms with E-state index < -0.39 is 0 Å². The monoisotopic (exact) mass is 398 g/mol. The van der Waals surface area contributed by atoms with E-state index in [2.05, 4.69) is 25.4 Å². The number of aromatic amines is 1. The van der Waals surface area contributed by atoms with Gasteiger partial charge in [0.2, 0.25) is 5.91 Å². The molecule has 29 heavy (non-hydrogen) atoms. The Kier molecular flexibility index (Phi) is 10.2. The third kappa shape index (κ3) is 7.41. The third-order valence-electron chi connectivity index (χ3n) is 4.27. The maximum absolute atomic E-state index is 10.8. The van der Waals surface area contributed by atoms with Crippen molar-refractivity contribution in [3.05, 3.63) is 59.8 Å². The highest BCUT2D eigenvalue weighted by atomic mass is 16.3. The number of carbonyl (C=O) groups is 1. The molecule has 0 saturated carbocycles. The standard InChI is InChI=1S/C13H15N3O.C7H11NO.C3H8/c1-8-7-16-13(15)10(8)6-11(14)9-4-2-3-5-12(9)17;1-2-7(9)8-5-3-4-6-8;1-3-2/h2-7,16-17H,14-15H2,1H3;2H,1,3-6H2;3H2,1-2H3/b11-6-;;. The maximum Gasteiger partial charge on any atom is 0.245 e. The molecule has 0 bridgehead atoms. The number of anilines is 1. The number of para-hydroxylation sites is 1. The number of hydrogen-bond donors (Lipinski definition) is 4. The van der Waals surface area contributed by atoms with Crippen molar-refractivity contribution in [3.8, 4) is 5.75 Å². The van der Waals surface area contributed by atoms with Crippen LogP contribution in [0.3, 0.4) is 0 Å². The lowest BCUT2D eigenvalue weighted by atomic mass is 10.1. The number of phenolic OH excluding ortho intramolecular Hbond substituents is 1. The van der Waals surface area contributed by atoms with Crippen molar-refractivity contribution in [1.82, 2.24) is 9.88 Å². The van der Waals surface area contributed by atoms with Crippen molar-refractivity contribution in [3.63, 3.8) is 0 Å². The van der Waals surface area contributed by atoms with E-state index in [0.29, 0.717) is 17.1 Å². The zero-order valence-corrected chi connectivity index (χ0v) is 17.7. The summed E-state index contributed by atoms with van der Waals surface area (Å²) in [7, 11) is 0. The van der Waals surface area contributed by atoms with E-state index in [1.165, 1.54) is 12.5 Å². The predicted octanol–water partition coefficient (Wildman–Crippen LogP) is 4.28. The first-order chi connectivity index (χ1) is 13.8. The minimum atomic E-state index is 0.0764. The van der Waals surface area contributed by atoms with Crippen LogP contribution in [-0.4, -0.2) is 34.0 Å². The third-order valence-corrected chi connectivity index (χ3v) is 4.27. The van der Waals surface area contributed by atoms with Crippen LogP contribution in [0.15, 0.2) is 43.1 Å². The average molecular weight is 399 g/mol. The summed E-state index contributed by atoms with van der Waals surface area (Å²) in [6.45, 7) is 11.4. The number of likely N-dealkylation sites (tertiary alicyclic amines) is 1. The Bertz CT molecular complexity index is 799. The van der Waals surface area contributed by atoms with E-state index in [1.807, 2.05) is 24.1 Å². The number of carbonyl (C=O) groups excluding carboxylic acids is 1. The molecule has 1 aliphatic rings. The van der Waals surface area contributed by atoms with Crippen LogP contribution < -0.4 is 11.5 Å². The first-order valence-corrected chi connectivity index (χ1v) is 9.95. The smallest absolute Gasteiger partial charge is 0.245 e. The van der Waals surface area contributed by atoms with Gasteiger partial charge in [0.15, 0.2) is 0 Å². The fraction of sp³-hybridized carbons (Fsp3) is 0.348. The second-order valence-corrected chi connectivity index (χ2v) is 6.86. The first-order valence-electron chi connectivity index (χ1n) is 9.95. The fourth-order valence-electron chi connectivity index (χ4n) is 2.76. The quantitative estimate of drug-likeness (QED) is 0.579. The molecular weight excluding hydrogens is 364 g/mol. The predicted molar refractivity (Wildman–Crippen MR) is 122 cm³/mol. The normalized spacial score (nSPS) is 13.1. The lowest BCUT2D eigenvalue weighted by Gasteiger charge is -2.10. The number of aromatic nitrogens is 1. The van der Waals surface area contributed by atoms with Gasteiger partial charge in [0.25, 0.3) is 0 Å². The van der Waals surface area contributed by atoms with Gasteiger partial charge in [0.05, 0.1) is 0 Å². The molecule has 0 aliphatic carbocycles. The summed E-state index contributed by atoms with van der Waals surface area (Å²) in [6, 6.07) is 6.94. The summed E-state index contributed by atoms with van der Waals surface area (Å²) in [5.41, 5.74) is 14.7. The van der Waals surface area contributed by atoms with E-state index in [-0.39, 0.29) is 11.7 Å². The van der Waals surface area contributed by atoms with Gasteiger partial charge in [-0.25, -0.2) is 0 Å². The average Bonchev–Trinajstić information content (AvgIpc) is 3.35. The maximum atomic E-state index is 10.8. The molecule has 0 radical (unpaired) electrons. The summed E-state index contributed by atoms with van der Waals surface area (Å²) < 4.78 is 0. The lowest BCUT2D eigenvalue weighted by molar-refractivity contribution is -0.124. The Morgan fingerprint density at radius 2 is 1.86 bits per heavy atom. The zero-order valence-electron chi connectivity index (χ0n) is 17.7. The van der Waals surface area contributed by atoms with Crippen molar-refractivity contribution in [2.24, 2.45) is 5.73 Å². The van der Waals surface area contributed by atoms with E-state index in [9.17, 15) is 9.90 Å². The van der Waals surface area contributed by atoms with Crippen LogP contribution >= 0.6 is 0 Å². The first kappa shape index (κ1) is 23.9. The minimum absolute atomic E-state index is 0.0764. The number of hydrogen-bond acceptors (Lipinski definition) is 4. The van der Waals surface area contributed by atoms with Gasteiger partial charge in [-0.05, 0) is 49.6 Å². The van der Waals surface area contributed by atoms with Gasteiger partial charge in [0, 0.05) is 36.1 Å². The van der Waals surface area contributed by atoms with Crippen LogP contribution in [0.25, 0.3) is 11.8 Å². The molecule has 6 heteroatoms. The number of aryl methyl sites for hydroxylation is 1. The van der Waals surface area contributed by atoms with Gasteiger partial charge in [-0.3, -0.25) is 4.79 Å². The van der Waals surface area contributed by atoms with E-state index in [1.54, 1.807) is 24.3 Å². The highest BCUT2D eigenvalue weighted by Gasteiger charge is 2.14. The molecule has 1 saturated heterocycles. The molecule has 1 fully saturated rings. The van der Waals surface area contributed by atoms with Crippen LogP contribution in [0.2, 0.25) is 0 Å². The van der Waals surface area contributed by atoms with Crippen molar-refractivity contribution in [1.29, 1.82) is 0 Å². The van der Waals surface area contributed by atoms with Crippen molar-refractivity contribution in [2.45, 2.75) is 40.0 Å². The van der Waals surface area contributed by atoms with Gasteiger partial charge in [-0.2, -0.15) is 0 Å². The Hall–Kier alpha value is -3.15. The zero-order chi connectivity index (χ0) is 21.8. The number of benzene rings is 1. The van der Waals surface area contributed by atoms with Crippen LogP contribution in [0.4, 0.5) is 5.82 Å². The minimum Gasteiger partial charge on any atom is -0.507 e. The van der Waals surface area contributed by atoms with Crippen LogP contribution in [-0.2, 0) is 4.79 Å². The Balaban J connectivity index is 0.000000294. The Labute approximate surface area is 173 Å². The highest BCUT2D eigenvalue weighted by molar-refractivity contribution is 5.87. The topological polar surface area (TPSA) is 108 Å². The second-order valence-electron chi connectivity index (χ2n) is 6.86. The molecular formula is C23H34N4O2. The molecule has 1 aliphatic heterocycles. The number of nitrogens with two attached hydrogens (primary N) is 2. The SMILES string of the molecule is C=CC(=O)N1CCCC1.CCC.Cc1c[nH]c(N)c1/C=C(\N)c1ccccc1O. The van der Waals surface area contributed by atoms with Crippen molar-refractivity contribution < 1.29 is 9.90 Å². The largest absolute Gasteiger partial charge is 0.507 e. The number of amides is 1. The van der Waals surface area contributed by atoms with Gasteiger partial charge in [0.1, 0.15) is 11.6 Å². The molecule has 0 atom stereocenters. The Morgan fingerprint density at radius 3 is 2.34 bits per heavy atom. The number of H-pyrrole nitrogens is 1. The van der Waals surface area contributed by atoms with Gasteiger partial charge in [-0.1, -0.05) is 39.0 Å². The summed E-state index contributed by atoms with van der Waals surface area (Å²) >= 11 is 0. The van der Waals surface area contributed by atoms with Crippen molar-refractivity contribution in [2.75, 3.05) is 18.8 Å². The summed E-state index contributed by atoms with van der Waals surface area (Å²) in [5.74, 6) is 0.807. The second kappa shape index (κ2) is 12.3.